The fourth-order valence-electron chi connectivity index (χ4n) is 5.00. The Labute approximate surface area is 234 Å². The Morgan fingerprint density at radius 3 is 2.52 bits per heavy atom. The predicted molar refractivity (Wildman–Crippen MR) is 157 cm³/mol. The molecule has 0 radical (unpaired) electrons. The molecule has 4 aromatic rings. The van der Waals surface area contributed by atoms with E-state index < -0.39 is 12.1 Å². The van der Waals surface area contributed by atoms with Crippen molar-refractivity contribution in [1.82, 2.24) is 15.2 Å². The van der Waals surface area contributed by atoms with Gasteiger partial charge in [0.15, 0.2) is 0 Å². The molecule has 1 amide bonds. The minimum atomic E-state index is -0.585. The fraction of sp³-hybridized carbons (Fsp3) is 0.273. The number of carbonyl (C=O) groups excluding carboxylic acids is 2. The summed E-state index contributed by atoms with van der Waals surface area (Å²) in [7, 11) is 0. The second-order valence-electron chi connectivity index (χ2n) is 9.94. The van der Waals surface area contributed by atoms with Crippen LogP contribution in [0.3, 0.4) is 0 Å². The largest absolute Gasteiger partial charge is 0.460 e. The minimum absolute atomic E-state index is 0.0612. The van der Waals surface area contributed by atoms with Crippen LogP contribution in [-0.4, -0.2) is 54.7 Å². The number of aryl methyl sites for hydroxylation is 1. The first kappa shape index (κ1) is 27.2. The quantitative estimate of drug-likeness (QED) is 0.175. The van der Waals surface area contributed by atoms with Crippen LogP contribution in [0.2, 0.25) is 0 Å². The average Bonchev–Trinajstić information content (AvgIpc) is 3.40. The molecule has 7 nitrogen and oxygen atoms in total. The lowest BCUT2D eigenvalue weighted by Crippen LogP contribution is -2.30. The van der Waals surface area contributed by atoms with Gasteiger partial charge in [-0.05, 0) is 79.3 Å². The molecule has 7 heteroatoms. The Bertz CT molecular complexity index is 1450. The van der Waals surface area contributed by atoms with Gasteiger partial charge in [0.2, 0.25) is 0 Å². The van der Waals surface area contributed by atoms with E-state index in [-0.39, 0.29) is 13.2 Å². The van der Waals surface area contributed by atoms with Crippen LogP contribution >= 0.6 is 0 Å². The fourth-order valence-corrected chi connectivity index (χ4v) is 5.00. The van der Waals surface area contributed by atoms with E-state index >= 15 is 0 Å². The normalized spacial score (nSPS) is 13.6. The number of H-pyrrole nitrogens is 1. The van der Waals surface area contributed by atoms with Crippen molar-refractivity contribution < 1.29 is 19.1 Å². The first-order valence-electron chi connectivity index (χ1n) is 13.9. The van der Waals surface area contributed by atoms with Crippen molar-refractivity contribution in [1.29, 1.82) is 0 Å². The highest BCUT2D eigenvalue weighted by Crippen LogP contribution is 2.26. The van der Waals surface area contributed by atoms with Crippen LogP contribution in [0.4, 0.5) is 4.79 Å². The zero-order valence-corrected chi connectivity index (χ0v) is 22.6. The monoisotopic (exact) mass is 537 g/mol. The second kappa shape index (κ2) is 13.6. The van der Waals surface area contributed by atoms with Crippen LogP contribution < -0.4 is 10.1 Å². The third kappa shape index (κ3) is 7.39. The molecule has 0 aliphatic carbocycles. The van der Waals surface area contributed by atoms with Crippen LogP contribution in [0.5, 0.6) is 5.75 Å². The molecule has 0 bridgehead atoms. The molecule has 0 unspecified atom stereocenters. The third-order valence-corrected chi connectivity index (χ3v) is 7.17. The summed E-state index contributed by atoms with van der Waals surface area (Å²) in [4.78, 5) is 30.1. The molecule has 2 heterocycles. The Hall–Kier alpha value is -4.36. The summed E-state index contributed by atoms with van der Waals surface area (Å²) in [5, 5.41) is 3.69. The van der Waals surface area contributed by atoms with E-state index in [0.717, 1.165) is 56.2 Å². The molecule has 1 aromatic heterocycles. The molecule has 0 atom stereocenters. The van der Waals surface area contributed by atoms with Gasteiger partial charge in [0.25, 0.3) is 0 Å². The first-order chi connectivity index (χ1) is 19.7. The van der Waals surface area contributed by atoms with Gasteiger partial charge >= 0.3 is 12.1 Å². The van der Waals surface area contributed by atoms with Gasteiger partial charge < -0.3 is 19.8 Å². The van der Waals surface area contributed by atoms with E-state index in [1.165, 1.54) is 16.7 Å². The summed E-state index contributed by atoms with van der Waals surface area (Å²) in [5.41, 5.74) is 5.51. The number of amides is 1. The number of rotatable bonds is 11. The van der Waals surface area contributed by atoms with Crippen molar-refractivity contribution in [2.75, 3.05) is 32.8 Å². The van der Waals surface area contributed by atoms with Crippen LogP contribution in [0, 0.1) is 0 Å². The first-order valence-corrected chi connectivity index (χ1v) is 13.9. The predicted octanol–water partition coefficient (Wildman–Crippen LogP) is 6.23. The van der Waals surface area contributed by atoms with Crippen molar-refractivity contribution in [2.45, 2.75) is 25.7 Å². The molecule has 1 aliphatic rings. The lowest BCUT2D eigenvalue weighted by molar-refractivity contribution is 0.0508. The minimum Gasteiger partial charge on any atom is -0.460 e. The molecule has 2 N–H and O–H groups in total. The van der Waals surface area contributed by atoms with Crippen molar-refractivity contribution in [3.63, 3.8) is 0 Å². The molecule has 0 saturated heterocycles. The number of nitrogens with zero attached hydrogens (tertiary/aromatic N) is 1. The van der Waals surface area contributed by atoms with Crippen LogP contribution in [0.1, 0.15) is 40.7 Å². The van der Waals surface area contributed by atoms with E-state index in [1.807, 2.05) is 24.4 Å². The molecule has 0 saturated carbocycles. The Morgan fingerprint density at radius 1 is 0.950 bits per heavy atom. The number of hydrogen-bond acceptors (Lipinski definition) is 5. The Balaban J connectivity index is 1.04. The third-order valence-electron chi connectivity index (χ3n) is 7.17. The number of aromatic nitrogens is 1. The van der Waals surface area contributed by atoms with Gasteiger partial charge in [-0.2, -0.15) is 0 Å². The molecular formula is C33H35N3O4. The van der Waals surface area contributed by atoms with E-state index in [4.69, 9.17) is 9.47 Å². The number of benzene rings is 3. The molecule has 40 heavy (non-hydrogen) atoms. The van der Waals surface area contributed by atoms with Crippen molar-refractivity contribution >= 4 is 28.5 Å². The number of carbonyl (C=O) groups is 2. The molecular weight excluding hydrogens is 502 g/mol. The zero-order chi connectivity index (χ0) is 27.6. The maximum Gasteiger partial charge on any atom is 0.412 e. The maximum atomic E-state index is 12.3. The van der Waals surface area contributed by atoms with Gasteiger partial charge in [-0.3, -0.25) is 4.90 Å². The SMILES string of the molecule is O=C(NCCOC(=O)c1ccccc1)Oc1ccc2[nH]cc(CCCCN3CC=C(c4ccccc4)CC3)c2c1. The lowest BCUT2D eigenvalue weighted by Gasteiger charge is -2.26. The Kier molecular flexibility index (Phi) is 9.27. The number of ether oxygens (including phenoxy) is 2. The highest BCUT2D eigenvalue weighted by Gasteiger charge is 2.13. The van der Waals surface area contributed by atoms with Crippen LogP contribution in [-0.2, 0) is 11.2 Å². The number of unbranched alkanes of at least 4 members (excludes halogenated alkanes) is 1. The second-order valence-corrected chi connectivity index (χ2v) is 9.94. The highest BCUT2D eigenvalue weighted by molar-refractivity contribution is 5.89. The zero-order valence-electron chi connectivity index (χ0n) is 22.6. The van der Waals surface area contributed by atoms with E-state index in [2.05, 4.69) is 51.6 Å². The van der Waals surface area contributed by atoms with Crippen LogP contribution in [0.15, 0.2) is 91.1 Å². The number of hydrogen-bond donors (Lipinski definition) is 2. The van der Waals surface area contributed by atoms with Gasteiger partial charge in [-0.1, -0.05) is 54.6 Å². The standard InChI is InChI=1S/C33H35N3O4/c37-32(27-11-5-2-6-12-27)39-22-18-34-33(38)40-29-14-15-31-30(23-29)28(24-35-31)13-7-8-19-36-20-16-26(17-21-36)25-9-3-1-4-10-25/h1-6,9-12,14-16,23-24,35H,7-8,13,17-22H2,(H,34,38). The summed E-state index contributed by atoms with van der Waals surface area (Å²) < 4.78 is 10.6. The number of fused-ring (bicyclic) bond motifs is 1. The van der Waals surface area contributed by atoms with Gasteiger partial charge in [0.05, 0.1) is 12.1 Å². The van der Waals surface area contributed by atoms with Gasteiger partial charge in [0, 0.05) is 30.2 Å². The van der Waals surface area contributed by atoms with E-state index in [1.54, 1.807) is 30.3 Å². The number of esters is 1. The molecule has 1 aliphatic heterocycles. The summed E-state index contributed by atoms with van der Waals surface area (Å²) in [6.07, 6.45) is 8.11. The maximum absolute atomic E-state index is 12.3. The van der Waals surface area contributed by atoms with Gasteiger partial charge in [0.1, 0.15) is 12.4 Å². The van der Waals surface area contributed by atoms with Gasteiger partial charge in [-0.15, -0.1) is 0 Å². The van der Waals surface area contributed by atoms with Gasteiger partial charge in [-0.25, -0.2) is 9.59 Å². The lowest BCUT2D eigenvalue weighted by atomic mass is 9.99. The summed E-state index contributed by atoms with van der Waals surface area (Å²) >= 11 is 0. The average molecular weight is 538 g/mol. The molecule has 5 rings (SSSR count). The highest BCUT2D eigenvalue weighted by atomic mass is 16.6. The van der Waals surface area contributed by atoms with Crippen molar-refractivity contribution in [3.8, 4) is 5.75 Å². The number of nitrogens with one attached hydrogen (secondary N) is 2. The smallest absolute Gasteiger partial charge is 0.412 e. The summed E-state index contributed by atoms with van der Waals surface area (Å²) in [6.45, 7) is 3.43. The number of aromatic amines is 1. The summed E-state index contributed by atoms with van der Waals surface area (Å²) in [5.74, 6) is 0.0487. The molecule has 0 spiro atoms. The molecule has 3 aromatic carbocycles. The van der Waals surface area contributed by atoms with Crippen LogP contribution in [0.25, 0.3) is 16.5 Å². The van der Waals surface area contributed by atoms with E-state index in [9.17, 15) is 9.59 Å². The topological polar surface area (TPSA) is 83.7 Å². The van der Waals surface area contributed by atoms with E-state index in [0.29, 0.717) is 11.3 Å². The summed E-state index contributed by atoms with van der Waals surface area (Å²) in [6, 6.07) is 25.0. The Morgan fingerprint density at radius 2 is 1.75 bits per heavy atom. The van der Waals surface area contributed by atoms with Crippen molar-refractivity contribution in [2.24, 2.45) is 0 Å². The molecule has 0 fully saturated rings. The van der Waals surface area contributed by atoms with Crippen molar-refractivity contribution in [3.05, 3.63) is 108 Å². The molecule has 206 valence electrons.